The van der Waals surface area contributed by atoms with Crippen LogP contribution < -0.4 is 5.32 Å². The summed E-state index contributed by atoms with van der Waals surface area (Å²) in [5.74, 6) is 1.59. The zero-order chi connectivity index (χ0) is 16.9. The van der Waals surface area contributed by atoms with E-state index < -0.39 is 0 Å². The minimum atomic E-state index is 0.0477. The number of nitrogens with one attached hydrogen (secondary N) is 1. The van der Waals surface area contributed by atoms with E-state index in [1.165, 1.54) is 0 Å². The highest BCUT2D eigenvalue weighted by molar-refractivity contribution is 7.09. The van der Waals surface area contributed by atoms with Gasteiger partial charge in [0.05, 0.1) is 10.7 Å². The fourth-order valence-corrected chi connectivity index (χ4v) is 3.85. The molecule has 0 radical (unpaired) electrons. The summed E-state index contributed by atoms with van der Waals surface area (Å²) in [6, 6.07) is 0.0477. The van der Waals surface area contributed by atoms with Crippen LogP contribution in [0.2, 0.25) is 0 Å². The third kappa shape index (κ3) is 4.35. The maximum Gasteiger partial charge on any atom is 0.317 e. The Hall–Kier alpha value is -1.89. The third-order valence-corrected chi connectivity index (χ3v) is 5.34. The predicted molar refractivity (Wildman–Crippen MR) is 95.2 cm³/mol. The Balaban J connectivity index is 1.45. The minimum Gasteiger partial charge on any atom is -0.338 e. The smallest absolute Gasteiger partial charge is 0.317 e. The van der Waals surface area contributed by atoms with E-state index in [9.17, 15) is 4.79 Å². The number of aromatic nitrogens is 3. The SMILES string of the molecule is Cc1nc(CCNC(=O)N2CCC[C@H](Cc3nccn3C)C2)cs1. The molecule has 130 valence electrons. The van der Waals surface area contributed by atoms with E-state index in [0.29, 0.717) is 12.5 Å². The van der Waals surface area contributed by atoms with Crippen molar-refractivity contribution in [2.75, 3.05) is 19.6 Å². The molecule has 0 aromatic carbocycles. The van der Waals surface area contributed by atoms with Crippen LogP contribution in [0.3, 0.4) is 0 Å². The molecule has 1 N–H and O–H groups in total. The van der Waals surface area contributed by atoms with Gasteiger partial charge in [-0.2, -0.15) is 0 Å². The average molecular weight is 347 g/mol. The molecule has 0 bridgehead atoms. The van der Waals surface area contributed by atoms with Crippen molar-refractivity contribution in [1.29, 1.82) is 0 Å². The lowest BCUT2D eigenvalue weighted by Gasteiger charge is -2.32. The predicted octanol–water partition coefficient (Wildman–Crippen LogP) is 2.39. The number of likely N-dealkylation sites (tertiary alicyclic amines) is 1. The molecule has 2 aromatic heterocycles. The number of imidazole rings is 1. The van der Waals surface area contributed by atoms with Gasteiger partial charge in [-0.05, 0) is 25.7 Å². The average Bonchev–Trinajstić information content (AvgIpc) is 3.16. The number of nitrogens with zero attached hydrogens (tertiary/aromatic N) is 4. The van der Waals surface area contributed by atoms with Crippen molar-refractivity contribution in [2.45, 2.75) is 32.6 Å². The molecule has 1 aliphatic heterocycles. The number of rotatable bonds is 5. The van der Waals surface area contributed by atoms with Crippen LogP contribution in [0, 0.1) is 12.8 Å². The van der Waals surface area contributed by atoms with Gasteiger partial charge in [0.15, 0.2) is 0 Å². The summed E-state index contributed by atoms with van der Waals surface area (Å²) in [5, 5.41) is 6.17. The zero-order valence-corrected chi connectivity index (χ0v) is 15.2. The highest BCUT2D eigenvalue weighted by atomic mass is 32.1. The van der Waals surface area contributed by atoms with E-state index in [1.807, 2.05) is 31.3 Å². The lowest BCUT2D eigenvalue weighted by atomic mass is 9.94. The number of urea groups is 1. The number of carbonyl (C=O) groups excluding carboxylic acids is 1. The van der Waals surface area contributed by atoms with Gasteiger partial charge >= 0.3 is 6.03 Å². The molecule has 1 saturated heterocycles. The van der Waals surface area contributed by atoms with Crippen molar-refractivity contribution >= 4 is 17.4 Å². The lowest BCUT2D eigenvalue weighted by molar-refractivity contribution is 0.164. The van der Waals surface area contributed by atoms with Gasteiger partial charge in [-0.15, -0.1) is 11.3 Å². The summed E-state index contributed by atoms with van der Waals surface area (Å²) in [4.78, 5) is 23.2. The summed E-state index contributed by atoms with van der Waals surface area (Å²) < 4.78 is 2.06. The fraction of sp³-hybridized carbons (Fsp3) is 0.588. The van der Waals surface area contributed by atoms with Crippen LogP contribution in [0.5, 0.6) is 0 Å². The molecule has 0 saturated carbocycles. The van der Waals surface area contributed by atoms with Crippen molar-refractivity contribution in [3.63, 3.8) is 0 Å². The Kier molecular flexibility index (Phi) is 5.50. The van der Waals surface area contributed by atoms with Gasteiger partial charge in [0.1, 0.15) is 5.82 Å². The molecule has 2 aromatic rings. The van der Waals surface area contributed by atoms with E-state index in [-0.39, 0.29) is 6.03 Å². The second-order valence-corrected chi connectivity index (χ2v) is 7.51. The largest absolute Gasteiger partial charge is 0.338 e. The third-order valence-electron chi connectivity index (χ3n) is 4.52. The van der Waals surface area contributed by atoms with Crippen LogP contribution in [0.1, 0.15) is 29.4 Å². The first-order valence-corrected chi connectivity index (χ1v) is 9.40. The number of thiazole rings is 1. The number of hydrogen-bond acceptors (Lipinski definition) is 4. The Bertz CT molecular complexity index is 680. The molecule has 3 heterocycles. The molecule has 1 fully saturated rings. The van der Waals surface area contributed by atoms with Crippen LogP contribution >= 0.6 is 11.3 Å². The number of hydrogen-bond donors (Lipinski definition) is 1. The Morgan fingerprint density at radius 3 is 3.08 bits per heavy atom. The molecular weight excluding hydrogens is 322 g/mol. The molecule has 0 aliphatic carbocycles. The van der Waals surface area contributed by atoms with Gasteiger partial charge in [-0.3, -0.25) is 0 Å². The summed E-state index contributed by atoms with van der Waals surface area (Å²) in [6.45, 7) is 4.30. The molecular formula is C17H25N5OS. The van der Waals surface area contributed by atoms with E-state index >= 15 is 0 Å². The van der Waals surface area contributed by atoms with Crippen molar-refractivity contribution in [2.24, 2.45) is 13.0 Å². The first kappa shape index (κ1) is 17.0. The van der Waals surface area contributed by atoms with Crippen molar-refractivity contribution in [1.82, 2.24) is 24.8 Å². The Morgan fingerprint density at radius 2 is 2.38 bits per heavy atom. The maximum atomic E-state index is 12.4. The molecule has 1 atom stereocenters. The maximum absolute atomic E-state index is 12.4. The van der Waals surface area contributed by atoms with Crippen LogP contribution in [0.4, 0.5) is 4.79 Å². The molecule has 2 amide bonds. The summed E-state index contributed by atoms with van der Waals surface area (Å²) >= 11 is 1.65. The van der Waals surface area contributed by atoms with Crippen LogP contribution in [0.15, 0.2) is 17.8 Å². The number of amides is 2. The van der Waals surface area contributed by atoms with Gasteiger partial charge in [-0.1, -0.05) is 0 Å². The Morgan fingerprint density at radius 1 is 1.50 bits per heavy atom. The molecule has 6 nitrogen and oxygen atoms in total. The second-order valence-electron chi connectivity index (χ2n) is 6.45. The standard InChI is InChI=1S/C17H25N5OS/c1-13-20-15(12-24-13)5-6-19-17(23)22-8-3-4-14(11-22)10-16-18-7-9-21(16)2/h7,9,12,14H,3-6,8,10-11H2,1-2H3,(H,19,23)/t14-/m1/s1. The molecule has 0 spiro atoms. The molecule has 0 unspecified atom stereocenters. The highest BCUT2D eigenvalue weighted by Crippen LogP contribution is 2.20. The molecule has 7 heteroatoms. The lowest BCUT2D eigenvalue weighted by Crippen LogP contribution is -2.46. The summed E-state index contributed by atoms with van der Waals surface area (Å²) in [7, 11) is 2.02. The van der Waals surface area contributed by atoms with Crippen molar-refractivity contribution < 1.29 is 4.79 Å². The van der Waals surface area contributed by atoms with E-state index in [0.717, 1.165) is 55.3 Å². The quantitative estimate of drug-likeness (QED) is 0.903. The summed E-state index contributed by atoms with van der Waals surface area (Å²) in [5.41, 5.74) is 1.06. The van der Waals surface area contributed by atoms with Gasteiger partial charge in [0.2, 0.25) is 0 Å². The van der Waals surface area contributed by atoms with E-state index in [4.69, 9.17) is 0 Å². The molecule has 1 aliphatic rings. The van der Waals surface area contributed by atoms with Crippen molar-refractivity contribution in [3.8, 4) is 0 Å². The van der Waals surface area contributed by atoms with Crippen LogP contribution in [-0.2, 0) is 19.9 Å². The first-order valence-electron chi connectivity index (χ1n) is 8.52. The van der Waals surface area contributed by atoms with Gasteiger partial charge < -0.3 is 14.8 Å². The zero-order valence-electron chi connectivity index (χ0n) is 14.4. The normalized spacial score (nSPS) is 17.9. The molecule has 3 rings (SSSR count). The fourth-order valence-electron chi connectivity index (χ4n) is 3.20. The summed E-state index contributed by atoms with van der Waals surface area (Å²) in [6.07, 6.45) is 7.76. The Labute approximate surface area is 146 Å². The van der Waals surface area contributed by atoms with E-state index in [1.54, 1.807) is 11.3 Å². The topological polar surface area (TPSA) is 63.1 Å². The van der Waals surface area contributed by atoms with Crippen LogP contribution in [0.25, 0.3) is 0 Å². The van der Waals surface area contributed by atoms with E-state index in [2.05, 4.69) is 25.2 Å². The van der Waals surface area contributed by atoms with Crippen LogP contribution in [-0.4, -0.2) is 45.1 Å². The highest BCUT2D eigenvalue weighted by Gasteiger charge is 2.24. The first-order chi connectivity index (χ1) is 11.6. The number of aryl methyl sites for hydroxylation is 2. The minimum absolute atomic E-state index is 0.0477. The molecule has 24 heavy (non-hydrogen) atoms. The van der Waals surface area contributed by atoms with Gasteiger partial charge in [0, 0.05) is 57.3 Å². The van der Waals surface area contributed by atoms with Gasteiger partial charge in [0.25, 0.3) is 0 Å². The number of carbonyl (C=O) groups is 1. The van der Waals surface area contributed by atoms with Crippen molar-refractivity contribution in [3.05, 3.63) is 34.3 Å². The monoisotopic (exact) mass is 347 g/mol. The van der Waals surface area contributed by atoms with Gasteiger partial charge in [-0.25, -0.2) is 14.8 Å². The number of piperidine rings is 1. The second kappa shape index (κ2) is 7.79.